The Balaban J connectivity index is 1.37. The van der Waals surface area contributed by atoms with Gasteiger partial charge in [-0.3, -0.25) is 10.1 Å². The molecule has 0 saturated heterocycles. The van der Waals surface area contributed by atoms with Crippen LogP contribution in [-0.2, 0) is 6.42 Å². The van der Waals surface area contributed by atoms with E-state index in [9.17, 15) is 9.59 Å². The molecule has 5 rings (SSSR count). The summed E-state index contributed by atoms with van der Waals surface area (Å²) in [6, 6.07) is 14.4. The first kappa shape index (κ1) is 18.4. The summed E-state index contributed by atoms with van der Waals surface area (Å²) in [6.45, 7) is 2.12. The van der Waals surface area contributed by atoms with Gasteiger partial charge in [-0.15, -0.1) is 11.3 Å². The van der Waals surface area contributed by atoms with E-state index in [0.29, 0.717) is 22.5 Å². The summed E-state index contributed by atoms with van der Waals surface area (Å²) in [5.41, 5.74) is 1.58. The molecule has 3 heterocycles. The number of ether oxygens (including phenoxy) is 2. The number of thiazole rings is 1. The first-order valence-electron chi connectivity index (χ1n) is 9.26. The SMILES string of the molecule is Cc1nc(NC(=O)c2cc3ccccc3oc2=O)sc1Cc1ccc2c(c1)OCO2. The van der Waals surface area contributed by atoms with Gasteiger partial charge in [0.25, 0.3) is 5.91 Å². The zero-order valence-electron chi connectivity index (χ0n) is 15.9. The Bertz CT molecular complexity index is 1340. The van der Waals surface area contributed by atoms with Crippen molar-refractivity contribution in [1.29, 1.82) is 0 Å². The fourth-order valence-electron chi connectivity index (χ4n) is 3.27. The van der Waals surface area contributed by atoms with Gasteiger partial charge in [0.05, 0.1) is 5.69 Å². The summed E-state index contributed by atoms with van der Waals surface area (Å²) in [4.78, 5) is 30.3. The number of hydrogen-bond donors (Lipinski definition) is 1. The Morgan fingerprint density at radius 1 is 1.13 bits per heavy atom. The fraction of sp³-hybridized carbons (Fsp3) is 0.136. The number of para-hydroxylation sites is 1. The van der Waals surface area contributed by atoms with E-state index < -0.39 is 11.5 Å². The first-order chi connectivity index (χ1) is 14.6. The van der Waals surface area contributed by atoms with Crippen molar-refractivity contribution in [1.82, 2.24) is 4.98 Å². The molecule has 7 nitrogen and oxygen atoms in total. The smallest absolute Gasteiger partial charge is 0.349 e. The van der Waals surface area contributed by atoms with Gasteiger partial charge >= 0.3 is 5.63 Å². The monoisotopic (exact) mass is 420 g/mol. The number of nitrogens with zero attached hydrogens (tertiary/aromatic N) is 1. The van der Waals surface area contributed by atoms with Gasteiger partial charge in [-0.25, -0.2) is 9.78 Å². The molecule has 0 aliphatic carbocycles. The van der Waals surface area contributed by atoms with Gasteiger partial charge in [0.1, 0.15) is 11.1 Å². The lowest BCUT2D eigenvalue weighted by atomic mass is 10.1. The van der Waals surface area contributed by atoms with Crippen LogP contribution in [0.4, 0.5) is 5.13 Å². The van der Waals surface area contributed by atoms with Crippen LogP contribution in [0.3, 0.4) is 0 Å². The second-order valence-corrected chi connectivity index (χ2v) is 7.92. The predicted molar refractivity (Wildman–Crippen MR) is 113 cm³/mol. The van der Waals surface area contributed by atoms with E-state index >= 15 is 0 Å². The van der Waals surface area contributed by atoms with Crippen LogP contribution in [0, 0.1) is 6.92 Å². The van der Waals surface area contributed by atoms with Gasteiger partial charge in [0.15, 0.2) is 16.6 Å². The molecule has 0 radical (unpaired) electrons. The van der Waals surface area contributed by atoms with Crippen LogP contribution in [0.25, 0.3) is 11.0 Å². The van der Waals surface area contributed by atoms with Crippen molar-refractivity contribution in [3.8, 4) is 11.5 Å². The molecule has 0 bridgehead atoms. The number of anilines is 1. The molecule has 1 aliphatic heterocycles. The van der Waals surface area contributed by atoms with E-state index in [0.717, 1.165) is 27.6 Å². The number of rotatable bonds is 4. The summed E-state index contributed by atoms with van der Waals surface area (Å²) >= 11 is 1.37. The number of carbonyl (C=O) groups excluding carboxylic acids is 1. The molecule has 0 unspecified atom stereocenters. The average Bonchev–Trinajstić information content (AvgIpc) is 3.33. The third-order valence-electron chi connectivity index (χ3n) is 4.80. The molecule has 0 spiro atoms. The van der Waals surface area contributed by atoms with Crippen LogP contribution in [0.15, 0.2) is 57.7 Å². The molecule has 30 heavy (non-hydrogen) atoms. The molecular formula is C22H16N2O5S. The van der Waals surface area contributed by atoms with Crippen LogP contribution in [0.1, 0.15) is 26.5 Å². The number of fused-ring (bicyclic) bond motifs is 2. The highest BCUT2D eigenvalue weighted by atomic mass is 32.1. The van der Waals surface area contributed by atoms with E-state index in [4.69, 9.17) is 13.9 Å². The van der Waals surface area contributed by atoms with Crippen LogP contribution in [0.2, 0.25) is 0 Å². The number of benzene rings is 2. The molecule has 150 valence electrons. The minimum absolute atomic E-state index is 0.0566. The van der Waals surface area contributed by atoms with Crippen LogP contribution in [-0.4, -0.2) is 17.7 Å². The molecule has 0 saturated carbocycles. The van der Waals surface area contributed by atoms with Gasteiger partial charge in [-0.2, -0.15) is 0 Å². The molecule has 2 aromatic heterocycles. The van der Waals surface area contributed by atoms with Gasteiger partial charge in [0, 0.05) is 16.7 Å². The summed E-state index contributed by atoms with van der Waals surface area (Å²) in [6.07, 6.45) is 0.647. The summed E-state index contributed by atoms with van der Waals surface area (Å²) in [5, 5.41) is 3.83. The molecule has 1 aliphatic rings. The molecular weight excluding hydrogens is 404 g/mol. The maximum absolute atomic E-state index is 12.7. The average molecular weight is 420 g/mol. The van der Waals surface area contributed by atoms with Crippen LogP contribution in [0.5, 0.6) is 11.5 Å². The fourth-order valence-corrected chi connectivity index (χ4v) is 4.26. The van der Waals surface area contributed by atoms with Crippen molar-refractivity contribution in [3.63, 3.8) is 0 Å². The normalized spacial score (nSPS) is 12.3. The molecule has 1 amide bonds. The van der Waals surface area contributed by atoms with Gasteiger partial charge in [-0.1, -0.05) is 24.3 Å². The van der Waals surface area contributed by atoms with E-state index in [-0.39, 0.29) is 12.4 Å². The lowest BCUT2D eigenvalue weighted by molar-refractivity contribution is 0.102. The minimum Gasteiger partial charge on any atom is -0.454 e. The summed E-state index contributed by atoms with van der Waals surface area (Å²) in [5.74, 6) is 0.922. The Labute approximate surface area is 174 Å². The zero-order valence-corrected chi connectivity index (χ0v) is 16.7. The van der Waals surface area contributed by atoms with E-state index in [1.54, 1.807) is 18.2 Å². The number of hydrogen-bond acceptors (Lipinski definition) is 7. The number of carbonyl (C=O) groups is 1. The van der Waals surface area contributed by atoms with Crippen molar-refractivity contribution in [2.24, 2.45) is 0 Å². The quantitative estimate of drug-likeness (QED) is 0.499. The highest BCUT2D eigenvalue weighted by Crippen LogP contribution is 2.34. The number of nitrogens with one attached hydrogen (secondary N) is 1. The molecule has 2 aromatic carbocycles. The van der Waals surface area contributed by atoms with Crippen molar-refractivity contribution >= 4 is 33.3 Å². The third kappa shape index (κ3) is 3.42. The van der Waals surface area contributed by atoms with E-state index in [2.05, 4.69) is 10.3 Å². The standard InChI is InChI=1S/C22H16N2O5S/c1-12-19(9-13-6-7-17-18(8-13)28-11-27-17)30-22(23-12)24-20(25)15-10-14-4-2-3-5-16(14)29-21(15)26/h2-8,10H,9,11H2,1H3,(H,23,24,25). The molecule has 1 N–H and O–H groups in total. The molecule has 0 fully saturated rings. The highest BCUT2D eigenvalue weighted by Gasteiger charge is 2.18. The second-order valence-electron chi connectivity index (χ2n) is 6.83. The highest BCUT2D eigenvalue weighted by molar-refractivity contribution is 7.15. The van der Waals surface area contributed by atoms with Crippen molar-refractivity contribution < 1.29 is 18.7 Å². The molecule has 4 aromatic rings. The van der Waals surface area contributed by atoms with Crippen molar-refractivity contribution in [3.05, 3.63) is 80.6 Å². The number of aryl methyl sites for hydroxylation is 1. The van der Waals surface area contributed by atoms with Crippen LogP contribution >= 0.6 is 11.3 Å². The molecule has 8 heteroatoms. The first-order valence-corrected chi connectivity index (χ1v) is 10.1. The number of amides is 1. The van der Waals surface area contributed by atoms with Gasteiger partial charge < -0.3 is 13.9 Å². The van der Waals surface area contributed by atoms with Crippen LogP contribution < -0.4 is 20.4 Å². The lowest BCUT2D eigenvalue weighted by Gasteiger charge is -2.02. The Kier molecular flexibility index (Phi) is 4.48. The van der Waals surface area contributed by atoms with E-state index in [1.165, 1.54) is 17.4 Å². The van der Waals surface area contributed by atoms with E-state index in [1.807, 2.05) is 31.2 Å². The third-order valence-corrected chi connectivity index (χ3v) is 5.87. The second kappa shape index (κ2) is 7.31. The minimum atomic E-state index is -0.680. The lowest BCUT2D eigenvalue weighted by Crippen LogP contribution is -2.20. The topological polar surface area (TPSA) is 90.7 Å². The zero-order chi connectivity index (χ0) is 20.7. The summed E-state index contributed by atoms with van der Waals surface area (Å²) < 4.78 is 16.0. The predicted octanol–water partition coefficient (Wildman–Crippen LogP) is 4.13. The Morgan fingerprint density at radius 2 is 1.97 bits per heavy atom. The largest absolute Gasteiger partial charge is 0.454 e. The maximum atomic E-state index is 12.7. The number of aromatic nitrogens is 1. The summed E-state index contributed by atoms with van der Waals surface area (Å²) in [7, 11) is 0. The van der Waals surface area contributed by atoms with Crippen molar-refractivity contribution in [2.75, 3.05) is 12.1 Å². The molecule has 0 atom stereocenters. The maximum Gasteiger partial charge on any atom is 0.349 e. The Hall–Kier alpha value is -3.65. The van der Waals surface area contributed by atoms with Gasteiger partial charge in [-0.05, 0) is 36.8 Å². The van der Waals surface area contributed by atoms with Crippen molar-refractivity contribution in [2.45, 2.75) is 13.3 Å². The van der Waals surface area contributed by atoms with Gasteiger partial charge in [0.2, 0.25) is 6.79 Å². The Morgan fingerprint density at radius 3 is 2.87 bits per heavy atom.